The maximum absolute atomic E-state index is 12.9. The molecule has 1 aromatic carbocycles. The summed E-state index contributed by atoms with van der Waals surface area (Å²) < 4.78 is 0. The number of piperidine rings is 1. The van der Waals surface area contributed by atoms with Crippen molar-refractivity contribution in [3.05, 3.63) is 35.4 Å². The number of carbonyl (C=O) groups excluding carboxylic acids is 5. The van der Waals surface area contributed by atoms with E-state index in [0.717, 1.165) is 4.90 Å². The molecule has 1 fully saturated rings. The molecule has 0 spiro atoms. The van der Waals surface area contributed by atoms with Crippen LogP contribution in [0.2, 0.25) is 0 Å². The fraction of sp³-hybridized carbons (Fsp3) is 0.421. The highest BCUT2D eigenvalue weighted by molar-refractivity contribution is 6.23. The van der Waals surface area contributed by atoms with Crippen LogP contribution < -0.4 is 0 Å². The van der Waals surface area contributed by atoms with Gasteiger partial charge in [-0.15, -0.1) is 5.06 Å². The number of nitrogens with zero attached hydrogens (tertiary/aromatic N) is 3. The second-order valence-electron chi connectivity index (χ2n) is 7.44. The molecule has 0 radical (unpaired) electrons. The smallest absolute Gasteiger partial charge is 0.328 e. The summed E-state index contributed by atoms with van der Waals surface area (Å²) in [5.74, 6) is -3.61. The van der Waals surface area contributed by atoms with Gasteiger partial charge in [-0.25, -0.2) is 4.79 Å². The van der Waals surface area contributed by atoms with Gasteiger partial charge in [0.05, 0.1) is 11.1 Å². The minimum absolute atomic E-state index is 0.0196. The van der Waals surface area contributed by atoms with Crippen molar-refractivity contribution in [3.8, 4) is 0 Å². The Labute approximate surface area is 161 Å². The van der Waals surface area contributed by atoms with Crippen molar-refractivity contribution in [2.24, 2.45) is 0 Å². The molecule has 0 aromatic heterocycles. The van der Waals surface area contributed by atoms with E-state index in [1.165, 1.54) is 12.1 Å². The van der Waals surface area contributed by atoms with Gasteiger partial charge < -0.3 is 4.84 Å². The average Bonchev–Trinajstić information content (AvgIpc) is 2.90. The van der Waals surface area contributed by atoms with Gasteiger partial charge in [0.25, 0.3) is 23.6 Å². The fourth-order valence-electron chi connectivity index (χ4n) is 2.95. The number of imide groups is 2. The summed E-state index contributed by atoms with van der Waals surface area (Å²) >= 11 is 0. The zero-order chi connectivity index (χ0) is 20.8. The van der Waals surface area contributed by atoms with Crippen molar-refractivity contribution in [1.82, 2.24) is 14.9 Å². The lowest BCUT2D eigenvalue weighted by Crippen LogP contribution is -2.58. The molecule has 4 amide bonds. The molecule has 0 aliphatic carbocycles. The lowest BCUT2D eigenvalue weighted by atomic mass is 10.0. The third-order valence-electron chi connectivity index (χ3n) is 5.27. The van der Waals surface area contributed by atoms with E-state index in [2.05, 4.69) is 0 Å². The molecule has 1 atom stereocenters. The van der Waals surface area contributed by atoms with Crippen molar-refractivity contribution in [3.63, 3.8) is 0 Å². The summed E-state index contributed by atoms with van der Waals surface area (Å²) in [5.41, 5.74) is -0.688. The van der Waals surface area contributed by atoms with E-state index in [1.54, 1.807) is 45.0 Å². The van der Waals surface area contributed by atoms with Crippen molar-refractivity contribution < 1.29 is 28.8 Å². The van der Waals surface area contributed by atoms with Crippen LogP contribution in [0.25, 0.3) is 0 Å². The largest absolute Gasteiger partial charge is 0.352 e. The summed E-state index contributed by atoms with van der Waals surface area (Å²) in [4.78, 5) is 70.3. The van der Waals surface area contributed by atoms with Crippen LogP contribution in [-0.2, 0) is 19.2 Å². The SMILES string of the molecule is CN(C)C(C)(C)C(=O)ON1C(=O)CCC(N2C(=O)c3ccccc3C2=O)C1=O. The van der Waals surface area contributed by atoms with Gasteiger partial charge in [-0.2, -0.15) is 0 Å². The molecule has 1 unspecified atom stereocenters. The van der Waals surface area contributed by atoms with Crippen LogP contribution in [0.4, 0.5) is 0 Å². The highest BCUT2D eigenvalue weighted by Gasteiger charge is 2.49. The zero-order valence-electron chi connectivity index (χ0n) is 16.1. The molecule has 9 nitrogen and oxygen atoms in total. The number of hydroxylamine groups is 2. The van der Waals surface area contributed by atoms with Crippen LogP contribution in [0.5, 0.6) is 0 Å². The van der Waals surface area contributed by atoms with Gasteiger partial charge >= 0.3 is 5.97 Å². The van der Waals surface area contributed by atoms with Gasteiger partial charge in [0.2, 0.25) is 0 Å². The van der Waals surface area contributed by atoms with Gasteiger partial charge in [0.1, 0.15) is 11.6 Å². The molecule has 1 saturated heterocycles. The first-order valence-corrected chi connectivity index (χ1v) is 8.81. The van der Waals surface area contributed by atoms with Crippen LogP contribution in [0.15, 0.2) is 24.3 Å². The second-order valence-corrected chi connectivity index (χ2v) is 7.44. The Morgan fingerprint density at radius 2 is 1.61 bits per heavy atom. The van der Waals surface area contributed by atoms with E-state index in [1.807, 2.05) is 0 Å². The Kier molecular flexibility index (Phi) is 4.80. The minimum atomic E-state index is -1.21. The molecule has 0 N–H and O–H groups in total. The van der Waals surface area contributed by atoms with E-state index in [9.17, 15) is 24.0 Å². The highest BCUT2D eigenvalue weighted by Crippen LogP contribution is 2.29. The number of hydrogen-bond donors (Lipinski definition) is 0. The Morgan fingerprint density at radius 1 is 1.07 bits per heavy atom. The molecule has 28 heavy (non-hydrogen) atoms. The molecule has 1 aromatic rings. The van der Waals surface area contributed by atoms with E-state index < -0.39 is 41.2 Å². The average molecular weight is 387 g/mol. The van der Waals surface area contributed by atoms with Crippen molar-refractivity contribution in [1.29, 1.82) is 0 Å². The van der Waals surface area contributed by atoms with Gasteiger partial charge in [0.15, 0.2) is 0 Å². The van der Waals surface area contributed by atoms with E-state index in [4.69, 9.17) is 4.84 Å². The number of benzene rings is 1. The normalized spacial score (nSPS) is 20.1. The molecule has 2 aliphatic rings. The topological polar surface area (TPSA) is 104 Å². The lowest BCUT2D eigenvalue weighted by Gasteiger charge is -2.35. The number of amides is 4. The predicted octanol–water partition coefficient (Wildman–Crippen LogP) is 0.599. The third kappa shape index (κ3) is 2.97. The van der Waals surface area contributed by atoms with E-state index >= 15 is 0 Å². The summed E-state index contributed by atoms with van der Waals surface area (Å²) in [6, 6.07) is 5.05. The molecule has 148 valence electrons. The monoisotopic (exact) mass is 387 g/mol. The van der Waals surface area contributed by atoms with Crippen molar-refractivity contribution >= 4 is 29.6 Å². The van der Waals surface area contributed by atoms with Gasteiger partial charge in [-0.3, -0.25) is 29.0 Å². The molecular formula is C19H21N3O6. The van der Waals surface area contributed by atoms with Crippen molar-refractivity contribution in [2.75, 3.05) is 14.1 Å². The maximum Gasteiger partial charge on any atom is 0.352 e. The molecule has 9 heteroatoms. The predicted molar refractivity (Wildman–Crippen MR) is 95.7 cm³/mol. The quantitative estimate of drug-likeness (QED) is 0.697. The maximum atomic E-state index is 12.9. The second kappa shape index (κ2) is 6.83. The number of fused-ring (bicyclic) bond motifs is 1. The molecule has 2 heterocycles. The summed E-state index contributed by atoms with van der Waals surface area (Å²) in [6.45, 7) is 3.16. The number of likely N-dealkylation sites (N-methyl/N-ethyl adjacent to an activating group) is 1. The van der Waals surface area contributed by atoms with Crippen LogP contribution in [0.1, 0.15) is 47.4 Å². The molecule has 0 bridgehead atoms. The standard InChI is InChI=1S/C19H21N3O6/c1-19(2,20(3)4)18(27)28-22-14(23)10-9-13(17(22)26)21-15(24)11-7-5-6-8-12(11)16(21)25/h5-8,13H,9-10H2,1-4H3. The lowest BCUT2D eigenvalue weighted by molar-refractivity contribution is -0.213. The Morgan fingerprint density at radius 3 is 2.11 bits per heavy atom. The van der Waals surface area contributed by atoms with E-state index in [0.29, 0.717) is 5.06 Å². The number of rotatable bonds is 4. The Balaban J connectivity index is 1.85. The molecule has 0 saturated carbocycles. The van der Waals surface area contributed by atoms with Gasteiger partial charge in [-0.1, -0.05) is 12.1 Å². The number of carbonyl (C=O) groups is 5. The van der Waals surface area contributed by atoms with Crippen LogP contribution >= 0.6 is 0 Å². The zero-order valence-corrected chi connectivity index (χ0v) is 16.1. The summed E-state index contributed by atoms with van der Waals surface area (Å²) in [7, 11) is 3.31. The van der Waals surface area contributed by atoms with Crippen molar-refractivity contribution in [2.45, 2.75) is 38.3 Å². The summed E-state index contributed by atoms with van der Waals surface area (Å²) in [6.07, 6.45) is -0.159. The highest BCUT2D eigenvalue weighted by atomic mass is 16.7. The minimum Gasteiger partial charge on any atom is -0.328 e. The van der Waals surface area contributed by atoms with E-state index in [-0.39, 0.29) is 24.0 Å². The number of hydrogen-bond acceptors (Lipinski definition) is 7. The van der Waals surface area contributed by atoms with Gasteiger partial charge in [0, 0.05) is 6.42 Å². The molecular weight excluding hydrogens is 366 g/mol. The Bertz CT molecular complexity index is 856. The Hall–Kier alpha value is -3.07. The van der Waals surface area contributed by atoms with Crippen LogP contribution in [-0.4, -0.2) is 70.1 Å². The third-order valence-corrected chi connectivity index (χ3v) is 5.27. The first-order chi connectivity index (χ1) is 13.1. The molecule has 3 rings (SSSR count). The molecule has 2 aliphatic heterocycles. The van der Waals surface area contributed by atoms with Crippen LogP contribution in [0.3, 0.4) is 0 Å². The first-order valence-electron chi connectivity index (χ1n) is 8.81. The van der Waals surface area contributed by atoms with Gasteiger partial charge in [-0.05, 0) is 46.5 Å². The van der Waals surface area contributed by atoms with Crippen LogP contribution in [0, 0.1) is 0 Å². The summed E-state index contributed by atoms with van der Waals surface area (Å²) in [5, 5.41) is 0.380. The fourth-order valence-corrected chi connectivity index (χ4v) is 2.95. The first kappa shape index (κ1) is 19.7.